The molecule has 0 spiro atoms. The van der Waals surface area contributed by atoms with Crippen molar-refractivity contribution in [2.24, 2.45) is 5.92 Å². The summed E-state index contributed by atoms with van der Waals surface area (Å²) in [5.41, 5.74) is 1.85. The first-order valence-electron chi connectivity index (χ1n) is 8.76. The summed E-state index contributed by atoms with van der Waals surface area (Å²) in [6, 6.07) is 17.1. The number of benzene rings is 2. The molecule has 2 aromatic carbocycles. The number of hydrogen-bond acceptors (Lipinski definition) is 3. The molecule has 0 unspecified atom stereocenters. The van der Waals surface area contributed by atoms with Gasteiger partial charge in [-0.15, -0.1) is 0 Å². The van der Waals surface area contributed by atoms with Gasteiger partial charge in [-0.05, 0) is 36.1 Å². The summed E-state index contributed by atoms with van der Waals surface area (Å²) >= 11 is 0. The highest BCUT2D eigenvalue weighted by Gasteiger charge is 2.36. The number of hydrogen-bond donors (Lipinski definition) is 0. The van der Waals surface area contributed by atoms with Gasteiger partial charge < -0.3 is 9.64 Å². The van der Waals surface area contributed by atoms with Crippen LogP contribution < -0.4 is 9.64 Å². The van der Waals surface area contributed by atoms with Crippen LogP contribution >= 0.6 is 0 Å². The predicted molar refractivity (Wildman–Crippen MR) is 97.7 cm³/mol. The largest absolute Gasteiger partial charge is 0.426 e. The van der Waals surface area contributed by atoms with Gasteiger partial charge in [0.15, 0.2) is 0 Å². The summed E-state index contributed by atoms with van der Waals surface area (Å²) in [5, 5.41) is 0. The fourth-order valence-electron chi connectivity index (χ4n) is 3.12. The molecule has 0 saturated carbocycles. The number of esters is 1. The number of ether oxygens (including phenoxy) is 1. The Bertz CT molecular complexity index is 757. The minimum absolute atomic E-state index is 0.0386. The second kappa shape index (κ2) is 7.51. The summed E-state index contributed by atoms with van der Waals surface area (Å²) in [4.78, 5) is 26.5. The van der Waals surface area contributed by atoms with Crippen molar-refractivity contribution in [3.05, 3.63) is 60.2 Å². The topological polar surface area (TPSA) is 46.6 Å². The third-order valence-electron chi connectivity index (χ3n) is 4.80. The van der Waals surface area contributed by atoms with Crippen LogP contribution in [0, 0.1) is 5.92 Å². The number of carbonyl (C=O) groups is 2. The summed E-state index contributed by atoms with van der Waals surface area (Å²) in [6.07, 6.45) is 1.16. The third kappa shape index (κ3) is 3.73. The molecule has 1 aliphatic rings. The second-order valence-corrected chi connectivity index (χ2v) is 6.51. The van der Waals surface area contributed by atoms with Gasteiger partial charge in [-0.2, -0.15) is 0 Å². The van der Waals surface area contributed by atoms with E-state index in [1.54, 1.807) is 4.90 Å². The molecule has 130 valence electrons. The third-order valence-corrected chi connectivity index (χ3v) is 4.80. The maximum absolute atomic E-state index is 12.6. The average molecular weight is 337 g/mol. The van der Waals surface area contributed by atoms with Crippen LogP contribution in [0.5, 0.6) is 5.75 Å². The monoisotopic (exact) mass is 337 g/mol. The standard InChI is InChI=1S/C21H23NO3/c1-3-15(2)18-11-7-8-12-19(18)25-21(24)16-13-20(23)22(14-16)17-9-5-4-6-10-17/h4-12,15-16H,3,13-14H2,1-2H3/t15-,16+/m0/s1. The Morgan fingerprint density at radius 1 is 1.16 bits per heavy atom. The van der Waals surface area contributed by atoms with Gasteiger partial charge in [-0.3, -0.25) is 9.59 Å². The van der Waals surface area contributed by atoms with E-state index in [1.807, 2.05) is 54.6 Å². The molecule has 4 heteroatoms. The van der Waals surface area contributed by atoms with Crippen molar-refractivity contribution >= 4 is 17.6 Å². The van der Waals surface area contributed by atoms with Crippen LogP contribution in [-0.2, 0) is 9.59 Å². The highest BCUT2D eigenvalue weighted by atomic mass is 16.5. The van der Waals surface area contributed by atoms with Crippen LogP contribution in [-0.4, -0.2) is 18.4 Å². The van der Waals surface area contributed by atoms with E-state index in [-0.39, 0.29) is 18.3 Å². The normalized spacial score (nSPS) is 18.2. The highest BCUT2D eigenvalue weighted by Crippen LogP contribution is 2.31. The van der Waals surface area contributed by atoms with Crippen LogP contribution in [0.15, 0.2) is 54.6 Å². The minimum Gasteiger partial charge on any atom is -0.426 e. The maximum atomic E-state index is 12.6. The molecule has 0 aliphatic carbocycles. The van der Waals surface area contributed by atoms with Crippen molar-refractivity contribution in [1.29, 1.82) is 0 Å². The predicted octanol–water partition coefficient (Wildman–Crippen LogP) is 4.16. The van der Waals surface area contributed by atoms with Crippen molar-refractivity contribution in [2.45, 2.75) is 32.6 Å². The lowest BCUT2D eigenvalue weighted by Gasteiger charge is -2.17. The first-order chi connectivity index (χ1) is 12.1. The van der Waals surface area contributed by atoms with Crippen LogP contribution in [0.4, 0.5) is 5.69 Å². The van der Waals surface area contributed by atoms with Crippen molar-refractivity contribution in [3.63, 3.8) is 0 Å². The highest BCUT2D eigenvalue weighted by molar-refractivity contribution is 5.99. The molecule has 1 aliphatic heterocycles. The first kappa shape index (κ1) is 17.2. The summed E-state index contributed by atoms with van der Waals surface area (Å²) in [7, 11) is 0. The molecule has 25 heavy (non-hydrogen) atoms. The molecule has 0 radical (unpaired) electrons. The van der Waals surface area contributed by atoms with Crippen molar-refractivity contribution < 1.29 is 14.3 Å². The Balaban J connectivity index is 1.72. The summed E-state index contributed by atoms with van der Waals surface area (Å²) in [6.45, 7) is 4.59. The van der Waals surface area contributed by atoms with Crippen LogP contribution in [0.3, 0.4) is 0 Å². The zero-order valence-electron chi connectivity index (χ0n) is 14.6. The molecule has 4 nitrogen and oxygen atoms in total. The molecule has 0 aromatic heterocycles. The van der Waals surface area contributed by atoms with Gasteiger partial charge in [0.25, 0.3) is 0 Å². The molecule has 3 rings (SSSR count). The van der Waals surface area contributed by atoms with Crippen molar-refractivity contribution in [1.82, 2.24) is 0 Å². The number of carbonyl (C=O) groups excluding carboxylic acids is 2. The minimum atomic E-state index is -0.433. The van der Waals surface area contributed by atoms with E-state index in [1.165, 1.54) is 0 Å². The van der Waals surface area contributed by atoms with Gasteiger partial charge >= 0.3 is 5.97 Å². The van der Waals surface area contributed by atoms with E-state index in [0.29, 0.717) is 18.2 Å². The molecular weight excluding hydrogens is 314 g/mol. The zero-order chi connectivity index (χ0) is 17.8. The van der Waals surface area contributed by atoms with Gasteiger partial charge in [0.05, 0.1) is 5.92 Å². The van der Waals surface area contributed by atoms with Gasteiger partial charge in [0, 0.05) is 18.7 Å². The second-order valence-electron chi connectivity index (χ2n) is 6.51. The Labute approximate surface area is 148 Å². The molecule has 1 amide bonds. The summed E-state index contributed by atoms with van der Waals surface area (Å²) < 4.78 is 5.67. The Kier molecular flexibility index (Phi) is 5.17. The molecule has 1 fully saturated rings. The Morgan fingerprint density at radius 3 is 2.56 bits per heavy atom. The lowest BCUT2D eigenvalue weighted by atomic mass is 9.98. The average Bonchev–Trinajstić information content (AvgIpc) is 3.04. The van der Waals surface area contributed by atoms with E-state index in [4.69, 9.17) is 4.74 Å². The van der Waals surface area contributed by atoms with Crippen molar-refractivity contribution in [2.75, 3.05) is 11.4 Å². The van der Waals surface area contributed by atoms with E-state index < -0.39 is 5.92 Å². The van der Waals surface area contributed by atoms with E-state index in [0.717, 1.165) is 17.7 Å². The van der Waals surface area contributed by atoms with Crippen LogP contribution in [0.25, 0.3) is 0 Å². The SMILES string of the molecule is CC[C@H](C)c1ccccc1OC(=O)[C@@H]1CC(=O)N(c2ccccc2)C1. The molecule has 0 N–H and O–H groups in total. The van der Waals surface area contributed by atoms with Crippen molar-refractivity contribution in [3.8, 4) is 5.75 Å². The zero-order valence-corrected chi connectivity index (χ0v) is 14.6. The molecule has 1 saturated heterocycles. The van der Waals surface area contributed by atoms with E-state index in [9.17, 15) is 9.59 Å². The van der Waals surface area contributed by atoms with E-state index in [2.05, 4.69) is 13.8 Å². The molecule has 1 heterocycles. The van der Waals surface area contributed by atoms with Gasteiger partial charge in [-0.1, -0.05) is 50.2 Å². The number of rotatable bonds is 5. The molecular formula is C21H23NO3. The Morgan fingerprint density at radius 2 is 1.84 bits per heavy atom. The van der Waals surface area contributed by atoms with E-state index >= 15 is 0 Å². The van der Waals surface area contributed by atoms with Gasteiger partial charge in [0.2, 0.25) is 5.91 Å². The fourth-order valence-corrected chi connectivity index (χ4v) is 3.12. The number of nitrogens with zero attached hydrogens (tertiary/aromatic N) is 1. The maximum Gasteiger partial charge on any atom is 0.316 e. The first-order valence-corrected chi connectivity index (χ1v) is 8.76. The molecule has 2 aromatic rings. The summed E-state index contributed by atoms with van der Waals surface area (Å²) in [5.74, 6) is 0.117. The lowest BCUT2D eigenvalue weighted by Crippen LogP contribution is -2.27. The number of para-hydroxylation sites is 2. The smallest absolute Gasteiger partial charge is 0.316 e. The fraction of sp³-hybridized carbons (Fsp3) is 0.333. The van der Waals surface area contributed by atoms with Crippen LogP contribution in [0.1, 0.15) is 38.2 Å². The quantitative estimate of drug-likeness (QED) is 0.608. The Hall–Kier alpha value is -2.62. The number of anilines is 1. The molecule has 0 bridgehead atoms. The van der Waals surface area contributed by atoms with Gasteiger partial charge in [0.1, 0.15) is 5.75 Å². The lowest BCUT2D eigenvalue weighted by molar-refractivity contribution is -0.139. The molecule has 2 atom stereocenters. The van der Waals surface area contributed by atoms with Gasteiger partial charge in [-0.25, -0.2) is 0 Å². The number of amides is 1. The van der Waals surface area contributed by atoms with Crippen LogP contribution in [0.2, 0.25) is 0 Å².